The van der Waals surface area contributed by atoms with E-state index in [0.717, 1.165) is 37.3 Å². The molecule has 1 aliphatic rings. The predicted octanol–water partition coefficient (Wildman–Crippen LogP) is 1.11. The van der Waals surface area contributed by atoms with Crippen molar-refractivity contribution >= 4 is 5.97 Å². The van der Waals surface area contributed by atoms with Crippen molar-refractivity contribution in [1.29, 1.82) is 0 Å². The fourth-order valence-electron chi connectivity index (χ4n) is 2.44. The molecule has 1 aromatic rings. The standard InChI is InChI=1S/C14H20N2O2/c1-11-9-16(7-6-15-11)10-13-5-3-2-4-12(13)8-14(17)18/h2-5,11,15H,6-10H2,1H3,(H,17,18). The first-order valence-electron chi connectivity index (χ1n) is 6.39. The summed E-state index contributed by atoms with van der Waals surface area (Å²) in [7, 11) is 0. The number of rotatable bonds is 4. The molecule has 0 aromatic heterocycles. The minimum atomic E-state index is -0.767. The second-order valence-corrected chi connectivity index (χ2v) is 4.93. The number of hydrogen-bond donors (Lipinski definition) is 2. The number of nitrogens with one attached hydrogen (secondary N) is 1. The van der Waals surface area contributed by atoms with Gasteiger partial charge in [-0.1, -0.05) is 24.3 Å². The Bertz CT molecular complexity index is 420. The average Bonchev–Trinajstić information content (AvgIpc) is 2.31. The molecule has 98 valence electrons. The van der Waals surface area contributed by atoms with Crippen molar-refractivity contribution in [2.24, 2.45) is 0 Å². The first kappa shape index (κ1) is 13.1. The van der Waals surface area contributed by atoms with Crippen LogP contribution in [0.5, 0.6) is 0 Å². The highest BCUT2D eigenvalue weighted by molar-refractivity contribution is 5.70. The Morgan fingerprint density at radius 2 is 2.17 bits per heavy atom. The third-order valence-corrected chi connectivity index (χ3v) is 3.31. The molecule has 1 fully saturated rings. The van der Waals surface area contributed by atoms with E-state index in [1.807, 2.05) is 24.3 Å². The lowest BCUT2D eigenvalue weighted by molar-refractivity contribution is -0.136. The minimum Gasteiger partial charge on any atom is -0.481 e. The van der Waals surface area contributed by atoms with Crippen LogP contribution in [0.2, 0.25) is 0 Å². The predicted molar refractivity (Wildman–Crippen MR) is 70.5 cm³/mol. The number of hydrogen-bond acceptors (Lipinski definition) is 3. The Labute approximate surface area is 108 Å². The monoisotopic (exact) mass is 248 g/mol. The smallest absolute Gasteiger partial charge is 0.307 e. The summed E-state index contributed by atoms with van der Waals surface area (Å²) < 4.78 is 0. The molecule has 1 saturated heterocycles. The van der Waals surface area contributed by atoms with Crippen molar-refractivity contribution in [2.75, 3.05) is 19.6 Å². The molecule has 2 rings (SSSR count). The normalized spacial score (nSPS) is 20.8. The van der Waals surface area contributed by atoms with Gasteiger partial charge in [0.25, 0.3) is 0 Å². The van der Waals surface area contributed by atoms with Gasteiger partial charge in [-0.3, -0.25) is 9.69 Å². The summed E-state index contributed by atoms with van der Waals surface area (Å²) >= 11 is 0. The number of carboxylic acid groups (broad SMARTS) is 1. The van der Waals surface area contributed by atoms with Crippen LogP contribution in [-0.2, 0) is 17.8 Å². The van der Waals surface area contributed by atoms with Gasteiger partial charge in [0.15, 0.2) is 0 Å². The maximum absolute atomic E-state index is 10.8. The summed E-state index contributed by atoms with van der Waals surface area (Å²) in [4.78, 5) is 13.2. The van der Waals surface area contributed by atoms with Crippen LogP contribution in [0.4, 0.5) is 0 Å². The van der Waals surface area contributed by atoms with Crippen LogP contribution in [-0.4, -0.2) is 41.7 Å². The van der Waals surface area contributed by atoms with Gasteiger partial charge in [0.05, 0.1) is 6.42 Å². The van der Waals surface area contributed by atoms with Gasteiger partial charge in [0, 0.05) is 32.2 Å². The maximum atomic E-state index is 10.8. The lowest BCUT2D eigenvalue weighted by Gasteiger charge is -2.32. The molecule has 1 heterocycles. The third kappa shape index (κ3) is 3.55. The first-order valence-corrected chi connectivity index (χ1v) is 6.39. The molecular weight excluding hydrogens is 228 g/mol. The number of carboxylic acids is 1. The van der Waals surface area contributed by atoms with Gasteiger partial charge >= 0.3 is 5.97 Å². The summed E-state index contributed by atoms with van der Waals surface area (Å²) in [5.41, 5.74) is 2.06. The molecule has 0 spiro atoms. The largest absolute Gasteiger partial charge is 0.481 e. The van der Waals surface area contributed by atoms with Gasteiger partial charge in [-0.25, -0.2) is 0 Å². The van der Waals surface area contributed by atoms with E-state index in [0.29, 0.717) is 6.04 Å². The molecule has 1 unspecified atom stereocenters. The lowest BCUT2D eigenvalue weighted by Crippen LogP contribution is -2.48. The second-order valence-electron chi connectivity index (χ2n) is 4.93. The van der Waals surface area contributed by atoms with Crippen LogP contribution in [0.25, 0.3) is 0 Å². The summed E-state index contributed by atoms with van der Waals surface area (Å²) in [6, 6.07) is 8.33. The Balaban J connectivity index is 2.05. The molecule has 1 aromatic carbocycles. The topological polar surface area (TPSA) is 52.6 Å². The lowest BCUT2D eigenvalue weighted by atomic mass is 10.0. The van der Waals surface area contributed by atoms with Crippen molar-refractivity contribution in [2.45, 2.75) is 25.9 Å². The van der Waals surface area contributed by atoms with Crippen LogP contribution in [0, 0.1) is 0 Å². The van der Waals surface area contributed by atoms with Gasteiger partial charge in [-0.15, -0.1) is 0 Å². The van der Waals surface area contributed by atoms with E-state index in [4.69, 9.17) is 5.11 Å². The Morgan fingerprint density at radius 3 is 2.83 bits per heavy atom. The molecule has 0 radical (unpaired) electrons. The summed E-state index contributed by atoms with van der Waals surface area (Å²) in [5.74, 6) is -0.767. The van der Waals surface area contributed by atoms with Crippen LogP contribution in [0.15, 0.2) is 24.3 Å². The zero-order chi connectivity index (χ0) is 13.0. The van der Waals surface area contributed by atoms with E-state index < -0.39 is 5.97 Å². The number of nitrogens with zero attached hydrogens (tertiary/aromatic N) is 1. The summed E-state index contributed by atoms with van der Waals surface area (Å²) in [5, 5.41) is 12.3. The van der Waals surface area contributed by atoms with E-state index in [1.54, 1.807) is 0 Å². The van der Waals surface area contributed by atoms with Crippen molar-refractivity contribution in [3.05, 3.63) is 35.4 Å². The molecule has 0 amide bonds. The highest BCUT2D eigenvalue weighted by Gasteiger charge is 2.17. The summed E-state index contributed by atoms with van der Waals surface area (Å²) in [6.45, 7) is 6.06. The first-order chi connectivity index (χ1) is 8.65. The molecule has 4 heteroatoms. The van der Waals surface area contributed by atoms with Crippen molar-refractivity contribution in [3.8, 4) is 0 Å². The van der Waals surface area contributed by atoms with Gasteiger partial charge in [-0.05, 0) is 18.1 Å². The van der Waals surface area contributed by atoms with E-state index >= 15 is 0 Å². The molecule has 4 nitrogen and oxygen atoms in total. The fraction of sp³-hybridized carbons (Fsp3) is 0.500. The van der Waals surface area contributed by atoms with Gasteiger partial charge in [-0.2, -0.15) is 0 Å². The molecular formula is C14H20N2O2. The number of benzene rings is 1. The number of aliphatic carboxylic acids is 1. The van der Waals surface area contributed by atoms with Crippen LogP contribution >= 0.6 is 0 Å². The Kier molecular flexibility index (Phi) is 4.33. The highest BCUT2D eigenvalue weighted by Crippen LogP contribution is 2.13. The van der Waals surface area contributed by atoms with E-state index in [2.05, 4.69) is 17.1 Å². The number of carbonyl (C=O) groups is 1. The van der Waals surface area contributed by atoms with Crippen LogP contribution < -0.4 is 5.32 Å². The maximum Gasteiger partial charge on any atom is 0.307 e. The van der Waals surface area contributed by atoms with E-state index in [-0.39, 0.29) is 6.42 Å². The molecule has 1 aliphatic heterocycles. The molecule has 1 atom stereocenters. The van der Waals surface area contributed by atoms with Crippen molar-refractivity contribution in [1.82, 2.24) is 10.2 Å². The quantitative estimate of drug-likeness (QED) is 0.838. The van der Waals surface area contributed by atoms with E-state index in [1.165, 1.54) is 0 Å². The minimum absolute atomic E-state index is 0.109. The Hall–Kier alpha value is -1.39. The second kappa shape index (κ2) is 5.98. The highest BCUT2D eigenvalue weighted by atomic mass is 16.4. The Morgan fingerprint density at radius 1 is 1.44 bits per heavy atom. The van der Waals surface area contributed by atoms with Crippen molar-refractivity contribution in [3.63, 3.8) is 0 Å². The zero-order valence-electron chi connectivity index (χ0n) is 10.7. The third-order valence-electron chi connectivity index (χ3n) is 3.31. The fourth-order valence-corrected chi connectivity index (χ4v) is 2.44. The molecule has 0 aliphatic carbocycles. The summed E-state index contributed by atoms with van der Waals surface area (Å²) in [6.07, 6.45) is 0.109. The zero-order valence-corrected chi connectivity index (χ0v) is 10.7. The van der Waals surface area contributed by atoms with Gasteiger partial charge in [0.1, 0.15) is 0 Å². The molecule has 0 saturated carbocycles. The average molecular weight is 248 g/mol. The molecule has 0 bridgehead atoms. The van der Waals surface area contributed by atoms with Crippen molar-refractivity contribution < 1.29 is 9.90 Å². The van der Waals surface area contributed by atoms with E-state index in [9.17, 15) is 4.79 Å². The van der Waals surface area contributed by atoms with Gasteiger partial charge < -0.3 is 10.4 Å². The van der Waals surface area contributed by atoms with Gasteiger partial charge in [0.2, 0.25) is 0 Å². The van der Waals surface area contributed by atoms with Crippen LogP contribution in [0.1, 0.15) is 18.1 Å². The molecule has 18 heavy (non-hydrogen) atoms. The SMILES string of the molecule is CC1CN(Cc2ccccc2CC(=O)O)CCN1. The number of piperazine rings is 1. The molecule has 2 N–H and O–H groups in total. The van der Waals surface area contributed by atoms with Crippen LogP contribution in [0.3, 0.4) is 0 Å².